The number of amides is 2. The molecule has 102 valence electrons. The summed E-state index contributed by atoms with van der Waals surface area (Å²) in [4.78, 5) is 23.9. The SMILES string of the molecule is O=C1C[C@@H](C(=O)Nc2ccccc2Cl)n2cnnc2N1. The first-order valence-corrected chi connectivity index (χ1v) is 6.27. The molecule has 0 unspecified atom stereocenters. The maximum absolute atomic E-state index is 12.3. The number of rotatable bonds is 2. The summed E-state index contributed by atoms with van der Waals surface area (Å²) in [6, 6.07) is 6.21. The van der Waals surface area contributed by atoms with Gasteiger partial charge in [0.2, 0.25) is 17.8 Å². The molecule has 0 fully saturated rings. The standard InChI is InChI=1S/C12H10ClN5O2/c13-7-3-1-2-4-8(7)15-11(20)9-5-10(19)16-12-17-14-6-18(9)12/h1-4,6,9H,5H2,(H,15,20)(H,16,17,19)/t9-/m0/s1. The zero-order valence-corrected chi connectivity index (χ0v) is 11.0. The van der Waals surface area contributed by atoms with Crippen LogP contribution in [0.3, 0.4) is 0 Å². The maximum Gasteiger partial charge on any atom is 0.248 e. The summed E-state index contributed by atoms with van der Waals surface area (Å²) < 4.78 is 1.52. The Morgan fingerprint density at radius 3 is 3.05 bits per heavy atom. The number of anilines is 2. The Morgan fingerprint density at radius 1 is 1.45 bits per heavy atom. The van der Waals surface area contributed by atoms with Crippen molar-refractivity contribution in [1.29, 1.82) is 0 Å². The summed E-state index contributed by atoms with van der Waals surface area (Å²) >= 11 is 5.99. The van der Waals surface area contributed by atoms with Crippen LogP contribution in [0.5, 0.6) is 0 Å². The van der Waals surface area contributed by atoms with Crippen molar-refractivity contribution in [2.45, 2.75) is 12.5 Å². The molecule has 2 amide bonds. The van der Waals surface area contributed by atoms with Gasteiger partial charge in [0.1, 0.15) is 12.4 Å². The van der Waals surface area contributed by atoms with E-state index in [2.05, 4.69) is 20.8 Å². The van der Waals surface area contributed by atoms with Crippen molar-refractivity contribution in [3.63, 3.8) is 0 Å². The Hall–Kier alpha value is -2.41. The smallest absolute Gasteiger partial charge is 0.248 e. The second-order valence-electron chi connectivity index (χ2n) is 4.30. The predicted octanol–water partition coefficient (Wildman–Crippen LogP) is 1.45. The fourth-order valence-electron chi connectivity index (χ4n) is 2.01. The minimum absolute atomic E-state index is 0.0291. The van der Waals surface area contributed by atoms with Gasteiger partial charge in [0.25, 0.3) is 0 Å². The van der Waals surface area contributed by atoms with Crippen LogP contribution in [0.1, 0.15) is 12.5 Å². The van der Waals surface area contributed by atoms with Crippen LogP contribution in [0.4, 0.5) is 11.6 Å². The first-order valence-electron chi connectivity index (χ1n) is 5.90. The second-order valence-corrected chi connectivity index (χ2v) is 4.71. The Labute approximate surface area is 118 Å². The summed E-state index contributed by atoms with van der Waals surface area (Å²) in [5.41, 5.74) is 0.500. The lowest BCUT2D eigenvalue weighted by molar-refractivity contribution is -0.125. The van der Waals surface area contributed by atoms with Gasteiger partial charge >= 0.3 is 0 Å². The number of hydrogen-bond acceptors (Lipinski definition) is 4. The van der Waals surface area contributed by atoms with E-state index >= 15 is 0 Å². The quantitative estimate of drug-likeness (QED) is 0.876. The van der Waals surface area contributed by atoms with Crippen molar-refractivity contribution in [3.05, 3.63) is 35.6 Å². The molecule has 2 N–H and O–H groups in total. The Kier molecular flexibility index (Phi) is 3.11. The van der Waals surface area contributed by atoms with Crippen LogP contribution < -0.4 is 10.6 Å². The maximum atomic E-state index is 12.3. The lowest BCUT2D eigenvalue weighted by Crippen LogP contribution is -2.35. The third-order valence-corrected chi connectivity index (χ3v) is 3.30. The van der Waals surface area contributed by atoms with E-state index in [-0.39, 0.29) is 24.2 Å². The van der Waals surface area contributed by atoms with Gasteiger partial charge in [-0.05, 0) is 12.1 Å². The Bertz CT molecular complexity index is 684. The number of para-hydroxylation sites is 1. The summed E-state index contributed by atoms with van der Waals surface area (Å²) in [5, 5.41) is 13.1. The van der Waals surface area contributed by atoms with Crippen LogP contribution in [0.25, 0.3) is 0 Å². The van der Waals surface area contributed by atoms with Crippen LogP contribution in [0.15, 0.2) is 30.6 Å². The fraction of sp³-hybridized carbons (Fsp3) is 0.167. The zero-order valence-electron chi connectivity index (χ0n) is 10.2. The van der Waals surface area contributed by atoms with Gasteiger partial charge in [0, 0.05) is 0 Å². The molecule has 0 aliphatic carbocycles. The van der Waals surface area contributed by atoms with E-state index in [9.17, 15) is 9.59 Å². The van der Waals surface area contributed by atoms with E-state index in [1.165, 1.54) is 10.9 Å². The van der Waals surface area contributed by atoms with Crippen LogP contribution >= 0.6 is 11.6 Å². The Balaban J connectivity index is 1.85. The number of fused-ring (bicyclic) bond motifs is 1. The van der Waals surface area contributed by atoms with Crippen LogP contribution in [-0.4, -0.2) is 26.6 Å². The van der Waals surface area contributed by atoms with Crippen molar-refractivity contribution in [2.24, 2.45) is 0 Å². The molecule has 1 aliphatic heterocycles. The van der Waals surface area contributed by atoms with Crippen molar-refractivity contribution in [2.75, 3.05) is 10.6 Å². The lowest BCUT2D eigenvalue weighted by atomic mass is 10.1. The number of nitrogens with zero attached hydrogens (tertiary/aromatic N) is 3. The highest BCUT2D eigenvalue weighted by Gasteiger charge is 2.31. The number of benzene rings is 1. The normalized spacial score (nSPS) is 17.2. The number of nitrogens with one attached hydrogen (secondary N) is 2. The van der Waals surface area contributed by atoms with E-state index in [4.69, 9.17) is 11.6 Å². The van der Waals surface area contributed by atoms with Crippen LogP contribution in [0, 0.1) is 0 Å². The van der Waals surface area contributed by atoms with E-state index in [1.807, 2.05) is 0 Å². The van der Waals surface area contributed by atoms with E-state index < -0.39 is 6.04 Å². The van der Waals surface area contributed by atoms with Crippen molar-refractivity contribution in [3.8, 4) is 0 Å². The predicted molar refractivity (Wildman–Crippen MR) is 72.4 cm³/mol. The molecular formula is C12H10ClN5O2. The largest absolute Gasteiger partial charge is 0.323 e. The lowest BCUT2D eigenvalue weighted by Gasteiger charge is -2.23. The molecule has 3 rings (SSSR count). The monoisotopic (exact) mass is 291 g/mol. The molecule has 0 bridgehead atoms. The van der Waals surface area contributed by atoms with Gasteiger partial charge in [-0.25, -0.2) is 0 Å². The van der Waals surface area contributed by atoms with Gasteiger partial charge in [0.05, 0.1) is 17.1 Å². The fourth-order valence-corrected chi connectivity index (χ4v) is 2.19. The molecule has 7 nitrogen and oxygen atoms in total. The van der Waals surface area contributed by atoms with E-state index in [1.54, 1.807) is 24.3 Å². The van der Waals surface area contributed by atoms with E-state index in [0.29, 0.717) is 10.7 Å². The van der Waals surface area contributed by atoms with Gasteiger partial charge in [-0.15, -0.1) is 10.2 Å². The summed E-state index contributed by atoms with van der Waals surface area (Å²) in [6.07, 6.45) is 1.44. The summed E-state index contributed by atoms with van der Waals surface area (Å²) in [6.45, 7) is 0. The molecule has 1 atom stereocenters. The third kappa shape index (κ3) is 2.23. The van der Waals surface area contributed by atoms with Gasteiger partial charge < -0.3 is 5.32 Å². The van der Waals surface area contributed by atoms with Gasteiger partial charge in [0.15, 0.2) is 0 Å². The third-order valence-electron chi connectivity index (χ3n) is 2.97. The van der Waals surface area contributed by atoms with Crippen molar-refractivity contribution in [1.82, 2.24) is 14.8 Å². The second kappa shape index (κ2) is 4.93. The van der Waals surface area contributed by atoms with Gasteiger partial charge in [-0.2, -0.15) is 0 Å². The van der Waals surface area contributed by atoms with Crippen molar-refractivity contribution >= 4 is 35.1 Å². The first-order chi connectivity index (χ1) is 9.65. The zero-order chi connectivity index (χ0) is 14.1. The molecule has 8 heteroatoms. The average molecular weight is 292 g/mol. The van der Waals surface area contributed by atoms with Gasteiger partial charge in [-0.3, -0.25) is 19.5 Å². The molecule has 1 aromatic carbocycles. The highest BCUT2D eigenvalue weighted by Crippen LogP contribution is 2.26. The van der Waals surface area contributed by atoms with Crippen LogP contribution in [-0.2, 0) is 9.59 Å². The molecule has 1 aliphatic rings. The molecule has 2 heterocycles. The average Bonchev–Trinajstić information content (AvgIpc) is 2.88. The minimum Gasteiger partial charge on any atom is -0.323 e. The molecule has 1 aromatic heterocycles. The minimum atomic E-state index is -0.690. The highest BCUT2D eigenvalue weighted by atomic mass is 35.5. The molecular weight excluding hydrogens is 282 g/mol. The molecule has 2 aromatic rings. The number of carbonyl (C=O) groups is 2. The number of hydrogen-bond donors (Lipinski definition) is 2. The number of carbonyl (C=O) groups excluding carboxylic acids is 2. The molecule has 0 saturated heterocycles. The topological polar surface area (TPSA) is 88.9 Å². The summed E-state index contributed by atoms with van der Waals surface area (Å²) in [7, 11) is 0. The molecule has 0 spiro atoms. The highest BCUT2D eigenvalue weighted by molar-refractivity contribution is 6.33. The Morgan fingerprint density at radius 2 is 2.25 bits per heavy atom. The summed E-state index contributed by atoms with van der Waals surface area (Å²) in [5.74, 6) is -0.348. The molecule has 20 heavy (non-hydrogen) atoms. The van der Waals surface area contributed by atoms with Crippen LogP contribution in [0.2, 0.25) is 5.02 Å². The molecule has 0 saturated carbocycles. The molecule has 0 radical (unpaired) electrons. The van der Waals surface area contributed by atoms with Crippen molar-refractivity contribution < 1.29 is 9.59 Å². The number of halogens is 1. The number of aromatic nitrogens is 3. The van der Waals surface area contributed by atoms with Gasteiger partial charge in [-0.1, -0.05) is 23.7 Å². The first kappa shape index (κ1) is 12.6. The van der Waals surface area contributed by atoms with E-state index in [0.717, 1.165) is 0 Å².